The van der Waals surface area contributed by atoms with Gasteiger partial charge >= 0.3 is 0 Å². The SMILES string of the molecule is CCNc1cc(Cl)nc2c1c(Cl)cn2COCC[Si](C)(C)C. The Kier molecular flexibility index (Phi) is 5.77. The maximum Gasteiger partial charge on any atom is 0.147 e. The van der Waals surface area contributed by atoms with Crippen LogP contribution in [0.2, 0.25) is 35.9 Å². The minimum atomic E-state index is -1.08. The lowest BCUT2D eigenvalue weighted by atomic mass is 10.3. The van der Waals surface area contributed by atoms with Crippen LogP contribution in [-0.4, -0.2) is 30.8 Å². The Hall–Kier alpha value is -0.753. The second-order valence-corrected chi connectivity index (χ2v) is 12.9. The summed E-state index contributed by atoms with van der Waals surface area (Å²) in [5.41, 5.74) is 1.66. The molecule has 1 N–H and O–H groups in total. The third kappa shape index (κ3) is 4.38. The third-order valence-electron chi connectivity index (χ3n) is 3.34. The highest BCUT2D eigenvalue weighted by Crippen LogP contribution is 2.33. The smallest absolute Gasteiger partial charge is 0.147 e. The summed E-state index contributed by atoms with van der Waals surface area (Å²) in [5.74, 6) is 0. The molecule has 0 fully saturated rings. The van der Waals surface area contributed by atoms with Gasteiger partial charge in [0.1, 0.15) is 17.5 Å². The number of ether oxygens (including phenoxy) is 1. The van der Waals surface area contributed by atoms with Crippen LogP contribution < -0.4 is 5.32 Å². The number of rotatable bonds is 7. The first-order chi connectivity index (χ1) is 10.3. The van der Waals surface area contributed by atoms with E-state index >= 15 is 0 Å². The second kappa shape index (κ2) is 7.21. The molecule has 22 heavy (non-hydrogen) atoms. The summed E-state index contributed by atoms with van der Waals surface area (Å²) in [7, 11) is -1.08. The van der Waals surface area contributed by atoms with Crippen molar-refractivity contribution >= 4 is 48.0 Å². The number of hydrogen-bond acceptors (Lipinski definition) is 3. The molecule has 122 valence electrons. The van der Waals surface area contributed by atoms with Gasteiger partial charge in [-0.05, 0) is 19.0 Å². The van der Waals surface area contributed by atoms with Crippen molar-refractivity contribution in [3.8, 4) is 0 Å². The minimum Gasteiger partial charge on any atom is -0.385 e. The van der Waals surface area contributed by atoms with Crippen LogP contribution in [0, 0.1) is 0 Å². The van der Waals surface area contributed by atoms with Gasteiger partial charge in [0.25, 0.3) is 0 Å². The van der Waals surface area contributed by atoms with E-state index in [0.717, 1.165) is 35.9 Å². The number of halogens is 2. The highest BCUT2D eigenvalue weighted by atomic mass is 35.5. The molecule has 0 amide bonds. The first-order valence-corrected chi connectivity index (χ1v) is 11.9. The number of fused-ring (bicyclic) bond motifs is 1. The van der Waals surface area contributed by atoms with Crippen molar-refractivity contribution in [2.24, 2.45) is 0 Å². The zero-order chi connectivity index (χ0) is 16.3. The Balaban J connectivity index is 2.20. The van der Waals surface area contributed by atoms with E-state index in [1.165, 1.54) is 0 Å². The number of anilines is 1. The fraction of sp³-hybridized carbons (Fsp3) is 0.533. The third-order valence-corrected chi connectivity index (χ3v) is 5.53. The summed E-state index contributed by atoms with van der Waals surface area (Å²) in [4.78, 5) is 4.40. The molecule has 2 aromatic rings. The number of aromatic nitrogens is 2. The highest BCUT2D eigenvalue weighted by molar-refractivity contribution is 6.76. The Bertz CT molecular complexity index is 652. The standard InChI is InChI=1S/C15H23Cl2N3OSi/c1-5-18-12-8-13(17)19-15-14(12)11(16)9-20(15)10-21-6-7-22(2,3)4/h8-9H,5-7,10H2,1-4H3,(H,18,19). The van der Waals surface area contributed by atoms with Gasteiger partial charge < -0.3 is 14.6 Å². The van der Waals surface area contributed by atoms with Crippen molar-refractivity contribution in [3.63, 3.8) is 0 Å². The fourth-order valence-corrected chi connectivity index (χ4v) is 3.43. The van der Waals surface area contributed by atoms with Crippen molar-refractivity contribution in [1.29, 1.82) is 0 Å². The van der Waals surface area contributed by atoms with Crippen LogP contribution in [0.5, 0.6) is 0 Å². The molecule has 0 bridgehead atoms. The van der Waals surface area contributed by atoms with Crippen LogP contribution in [-0.2, 0) is 11.5 Å². The lowest BCUT2D eigenvalue weighted by Gasteiger charge is -2.15. The van der Waals surface area contributed by atoms with Crippen molar-refractivity contribution in [3.05, 3.63) is 22.4 Å². The molecule has 0 atom stereocenters. The molecule has 0 radical (unpaired) electrons. The predicted octanol–water partition coefficient (Wildman–Crippen LogP) is 5.09. The van der Waals surface area contributed by atoms with E-state index in [-0.39, 0.29) is 0 Å². The average Bonchev–Trinajstić information content (AvgIpc) is 2.70. The summed E-state index contributed by atoms with van der Waals surface area (Å²) in [6, 6.07) is 2.94. The maximum atomic E-state index is 6.36. The molecule has 0 saturated heterocycles. The molecule has 2 aromatic heterocycles. The Morgan fingerprint density at radius 3 is 2.68 bits per heavy atom. The molecule has 0 aromatic carbocycles. The van der Waals surface area contributed by atoms with E-state index in [1.807, 2.05) is 17.7 Å². The topological polar surface area (TPSA) is 39.1 Å². The van der Waals surface area contributed by atoms with E-state index in [9.17, 15) is 0 Å². The lowest BCUT2D eigenvalue weighted by Crippen LogP contribution is -2.22. The van der Waals surface area contributed by atoms with Gasteiger partial charge in [-0.2, -0.15) is 0 Å². The van der Waals surface area contributed by atoms with Crippen molar-refractivity contribution in [1.82, 2.24) is 9.55 Å². The molecule has 2 heterocycles. The normalized spacial score (nSPS) is 12.1. The van der Waals surface area contributed by atoms with Gasteiger partial charge in [0.2, 0.25) is 0 Å². The Morgan fingerprint density at radius 1 is 1.32 bits per heavy atom. The summed E-state index contributed by atoms with van der Waals surface area (Å²) in [6.45, 7) is 11.0. The Morgan fingerprint density at radius 2 is 2.05 bits per heavy atom. The molecule has 0 unspecified atom stereocenters. The van der Waals surface area contributed by atoms with E-state index in [2.05, 4.69) is 29.9 Å². The first kappa shape index (κ1) is 17.6. The summed E-state index contributed by atoms with van der Waals surface area (Å²) in [6.07, 6.45) is 1.85. The molecule has 0 spiro atoms. The van der Waals surface area contributed by atoms with Crippen molar-refractivity contribution in [2.45, 2.75) is 39.3 Å². The molecule has 0 saturated carbocycles. The summed E-state index contributed by atoms with van der Waals surface area (Å²) < 4.78 is 7.70. The zero-order valence-corrected chi connectivity index (χ0v) is 16.1. The quantitative estimate of drug-likeness (QED) is 0.425. The largest absolute Gasteiger partial charge is 0.385 e. The first-order valence-electron chi connectivity index (χ1n) is 7.48. The van der Waals surface area contributed by atoms with Crippen LogP contribution in [0.15, 0.2) is 12.3 Å². The van der Waals surface area contributed by atoms with Crippen LogP contribution in [0.1, 0.15) is 6.92 Å². The predicted molar refractivity (Wildman–Crippen MR) is 98.0 cm³/mol. The molecular weight excluding hydrogens is 337 g/mol. The molecule has 0 aliphatic rings. The van der Waals surface area contributed by atoms with Gasteiger partial charge in [-0.15, -0.1) is 0 Å². The molecule has 2 rings (SSSR count). The number of hydrogen-bond donors (Lipinski definition) is 1. The molecule has 0 aliphatic carbocycles. The monoisotopic (exact) mass is 359 g/mol. The van der Waals surface area contributed by atoms with Crippen LogP contribution in [0.4, 0.5) is 5.69 Å². The van der Waals surface area contributed by atoms with E-state index in [4.69, 9.17) is 27.9 Å². The Labute approximate surface area is 142 Å². The van der Waals surface area contributed by atoms with E-state index in [1.54, 1.807) is 6.07 Å². The minimum absolute atomic E-state index is 0.437. The van der Waals surface area contributed by atoms with Gasteiger partial charge in [0, 0.05) is 33.1 Å². The maximum absolute atomic E-state index is 6.36. The number of nitrogens with one attached hydrogen (secondary N) is 1. The van der Waals surface area contributed by atoms with Gasteiger partial charge in [0.05, 0.1) is 10.4 Å². The van der Waals surface area contributed by atoms with Crippen molar-refractivity contribution < 1.29 is 4.74 Å². The number of nitrogens with zero attached hydrogens (tertiary/aromatic N) is 2. The zero-order valence-electron chi connectivity index (χ0n) is 13.5. The molecule has 7 heteroatoms. The summed E-state index contributed by atoms with van der Waals surface area (Å²) in [5, 5.41) is 5.27. The van der Waals surface area contributed by atoms with Crippen LogP contribution in [0.25, 0.3) is 11.0 Å². The highest BCUT2D eigenvalue weighted by Gasteiger charge is 2.15. The fourth-order valence-electron chi connectivity index (χ4n) is 2.18. The molecule has 0 aliphatic heterocycles. The number of pyridine rings is 1. The van der Waals surface area contributed by atoms with E-state index in [0.29, 0.717) is 16.9 Å². The second-order valence-electron chi connectivity index (χ2n) is 6.52. The van der Waals surface area contributed by atoms with Crippen molar-refractivity contribution in [2.75, 3.05) is 18.5 Å². The lowest BCUT2D eigenvalue weighted by molar-refractivity contribution is 0.0899. The van der Waals surface area contributed by atoms with E-state index < -0.39 is 8.07 Å². The summed E-state index contributed by atoms with van der Waals surface area (Å²) >= 11 is 12.5. The average molecular weight is 360 g/mol. The van der Waals surface area contributed by atoms with Crippen LogP contribution in [0.3, 0.4) is 0 Å². The van der Waals surface area contributed by atoms with Crippen LogP contribution >= 0.6 is 23.2 Å². The molecular formula is C15H23Cl2N3OSi. The van der Waals surface area contributed by atoms with Gasteiger partial charge in [-0.25, -0.2) is 4.98 Å². The van der Waals surface area contributed by atoms with Gasteiger partial charge in [0.15, 0.2) is 0 Å². The molecule has 4 nitrogen and oxygen atoms in total. The van der Waals surface area contributed by atoms with Gasteiger partial charge in [-0.1, -0.05) is 42.8 Å². The van der Waals surface area contributed by atoms with Gasteiger partial charge in [-0.3, -0.25) is 0 Å².